The van der Waals surface area contributed by atoms with Crippen molar-refractivity contribution in [3.8, 4) is 0 Å². The van der Waals surface area contributed by atoms with Gasteiger partial charge in [0.2, 0.25) is 5.91 Å². The highest BCUT2D eigenvalue weighted by atomic mass is 32.1. The van der Waals surface area contributed by atoms with Crippen molar-refractivity contribution >= 4 is 22.4 Å². The number of carbonyl (C=O) groups excluding carboxylic acids is 1. The van der Waals surface area contributed by atoms with Gasteiger partial charge in [0.15, 0.2) is 5.13 Å². The lowest BCUT2D eigenvalue weighted by Gasteiger charge is -2.31. The van der Waals surface area contributed by atoms with Crippen LogP contribution in [0.5, 0.6) is 0 Å². The van der Waals surface area contributed by atoms with Gasteiger partial charge in [0, 0.05) is 24.0 Å². The van der Waals surface area contributed by atoms with E-state index in [1.54, 1.807) is 11.3 Å². The van der Waals surface area contributed by atoms with Crippen LogP contribution in [0.3, 0.4) is 0 Å². The fourth-order valence-corrected chi connectivity index (χ4v) is 3.06. The Morgan fingerprint density at radius 1 is 1.50 bits per heavy atom. The number of amides is 1. The Morgan fingerprint density at radius 2 is 2.17 bits per heavy atom. The lowest BCUT2D eigenvalue weighted by atomic mass is 10.1. The first-order valence-electron chi connectivity index (χ1n) is 6.26. The second-order valence-corrected chi connectivity index (χ2v) is 6.02. The van der Waals surface area contributed by atoms with Crippen LogP contribution < -0.4 is 11.1 Å². The first-order valence-corrected chi connectivity index (χ1v) is 7.07. The maximum absolute atomic E-state index is 10.8. The topological polar surface area (TPSA) is 71.2 Å². The highest BCUT2D eigenvalue weighted by molar-refractivity contribution is 7.15. The van der Waals surface area contributed by atoms with Crippen molar-refractivity contribution in [3.05, 3.63) is 10.6 Å². The molecule has 0 radical (unpaired) electrons. The molecule has 100 valence electrons. The Bertz CT molecular complexity index is 404. The van der Waals surface area contributed by atoms with Crippen molar-refractivity contribution in [2.75, 3.05) is 25.0 Å². The molecule has 0 aliphatic carbocycles. The van der Waals surface area contributed by atoms with Crippen molar-refractivity contribution < 1.29 is 4.79 Å². The van der Waals surface area contributed by atoms with Crippen LogP contribution >= 0.6 is 11.3 Å². The minimum Gasteiger partial charge on any atom is -0.369 e. The molecule has 0 spiro atoms. The maximum atomic E-state index is 10.8. The second-order valence-electron chi connectivity index (χ2n) is 4.82. The summed E-state index contributed by atoms with van der Waals surface area (Å²) >= 11 is 1.71. The average molecular weight is 268 g/mol. The van der Waals surface area contributed by atoms with Gasteiger partial charge in [-0.05, 0) is 26.7 Å². The normalized spacial score (nSPS) is 17.9. The number of aromatic nitrogens is 1. The Morgan fingerprint density at radius 3 is 2.67 bits per heavy atom. The van der Waals surface area contributed by atoms with E-state index in [2.05, 4.69) is 22.1 Å². The van der Waals surface area contributed by atoms with Gasteiger partial charge in [0.05, 0.1) is 12.2 Å². The number of thiazole rings is 1. The van der Waals surface area contributed by atoms with Crippen molar-refractivity contribution in [2.24, 2.45) is 5.73 Å². The number of carbonyl (C=O) groups is 1. The van der Waals surface area contributed by atoms with E-state index in [0.29, 0.717) is 12.6 Å². The zero-order valence-corrected chi connectivity index (χ0v) is 11.7. The molecule has 0 atom stereocenters. The molecule has 5 nitrogen and oxygen atoms in total. The zero-order valence-electron chi connectivity index (χ0n) is 10.9. The summed E-state index contributed by atoms with van der Waals surface area (Å²) in [6, 6.07) is 0.457. The minimum atomic E-state index is -0.243. The van der Waals surface area contributed by atoms with E-state index in [1.165, 1.54) is 4.88 Å². The molecule has 2 rings (SSSR count). The number of hydrogen-bond donors (Lipinski definition) is 2. The molecule has 18 heavy (non-hydrogen) atoms. The average Bonchev–Trinajstić information content (AvgIpc) is 2.60. The Labute approximate surface area is 111 Å². The van der Waals surface area contributed by atoms with Gasteiger partial charge in [-0.2, -0.15) is 0 Å². The number of hydrogen-bond acceptors (Lipinski definition) is 5. The summed E-state index contributed by atoms with van der Waals surface area (Å²) in [4.78, 5) is 18.7. The van der Waals surface area contributed by atoms with Crippen LogP contribution in [0.15, 0.2) is 0 Å². The molecule has 0 aromatic carbocycles. The molecule has 6 heteroatoms. The Hall–Kier alpha value is -1.14. The fourth-order valence-electron chi connectivity index (χ4n) is 2.16. The molecule has 1 aromatic heterocycles. The van der Waals surface area contributed by atoms with Crippen LogP contribution in [-0.2, 0) is 4.79 Å². The van der Waals surface area contributed by atoms with Gasteiger partial charge in [-0.15, -0.1) is 11.3 Å². The molecule has 1 aromatic rings. The van der Waals surface area contributed by atoms with E-state index in [-0.39, 0.29) is 5.91 Å². The third-order valence-electron chi connectivity index (χ3n) is 3.32. The van der Waals surface area contributed by atoms with Gasteiger partial charge < -0.3 is 11.1 Å². The fraction of sp³-hybridized carbons (Fsp3) is 0.667. The van der Waals surface area contributed by atoms with Crippen molar-refractivity contribution in [3.63, 3.8) is 0 Å². The number of nitrogens with zero attached hydrogens (tertiary/aromatic N) is 2. The highest BCUT2D eigenvalue weighted by Crippen LogP contribution is 2.23. The standard InChI is InChI=1S/C12H20N4OS/c1-8-9(2)18-12(14-8)15-10-3-5-16(6-4-10)7-11(13)17/h10H,3-7H2,1-2H3,(H2,13,17)(H,14,15). The van der Waals surface area contributed by atoms with Crippen molar-refractivity contribution in [1.29, 1.82) is 0 Å². The number of anilines is 1. The lowest BCUT2D eigenvalue weighted by Crippen LogP contribution is -2.42. The van der Waals surface area contributed by atoms with Gasteiger partial charge >= 0.3 is 0 Å². The first kappa shape index (κ1) is 13.3. The Balaban J connectivity index is 1.81. The number of aryl methyl sites for hydroxylation is 2. The largest absolute Gasteiger partial charge is 0.369 e. The summed E-state index contributed by atoms with van der Waals surface area (Å²) < 4.78 is 0. The van der Waals surface area contributed by atoms with Crippen LogP contribution in [0.1, 0.15) is 23.4 Å². The van der Waals surface area contributed by atoms with Crippen molar-refractivity contribution in [1.82, 2.24) is 9.88 Å². The predicted molar refractivity (Wildman–Crippen MR) is 73.9 cm³/mol. The highest BCUT2D eigenvalue weighted by Gasteiger charge is 2.20. The SMILES string of the molecule is Cc1nc(NC2CCN(CC(N)=O)CC2)sc1C. The van der Waals surface area contributed by atoms with E-state index in [4.69, 9.17) is 5.73 Å². The summed E-state index contributed by atoms with van der Waals surface area (Å²) in [6.45, 7) is 6.34. The van der Waals surface area contributed by atoms with Crippen molar-refractivity contribution in [2.45, 2.75) is 32.7 Å². The summed E-state index contributed by atoms with van der Waals surface area (Å²) in [5, 5.41) is 4.49. The van der Waals surface area contributed by atoms with Crippen LogP contribution in [0, 0.1) is 13.8 Å². The number of likely N-dealkylation sites (tertiary alicyclic amines) is 1. The maximum Gasteiger partial charge on any atom is 0.231 e. The molecule has 1 fully saturated rings. The van der Waals surface area contributed by atoms with Gasteiger partial charge in [0.25, 0.3) is 0 Å². The molecule has 0 saturated carbocycles. The zero-order chi connectivity index (χ0) is 13.1. The molecule has 2 heterocycles. The molecular weight excluding hydrogens is 248 g/mol. The van der Waals surface area contributed by atoms with E-state index >= 15 is 0 Å². The van der Waals surface area contributed by atoms with E-state index in [0.717, 1.165) is 36.8 Å². The summed E-state index contributed by atoms with van der Waals surface area (Å²) in [6.07, 6.45) is 2.07. The number of piperidine rings is 1. The summed E-state index contributed by atoms with van der Waals surface area (Å²) in [5.74, 6) is -0.243. The van der Waals surface area contributed by atoms with Gasteiger partial charge in [-0.3, -0.25) is 9.69 Å². The van der Waals surface area contributed by atoms with Crippen LogP contribution in [0.4, 0.5) is 5.13 Å². The monoisotopic (exact) mass is 268 g/mol. The predicted octanol–water partition coefficient (Wildman–Crippen LogP) is 1.12. The molecular formula is C12H20N4OS. The van der Waals surface area contributed by atoms with Crippen LogP contribution in [-0.4, -0.2) is 41.5 Å². The van der Waals surface area contributed by atoms with E-state index < -0.39 is 0 Å². The smallest absolute Gasteiger partial charge is 0.231 e. The lowest BCUT2D eigenvalue weighted by molar-refractivity contribution is -0.119. The minimum absolute atomic E-state index is 0.243. The molecule has 1 saturated heterocycles. The Kier molecular flexibility index (Phi) is 4.19. The summed E-state index contributed by atoms with van der Waals surface area (Å²) in [7, 11) is 0. The van der Waals surface area contributed by atoms with Crippen LogP contribution in [0.2, 0.25) is 0 Å². The quantitative estimate of drug-likeness (QED) is 0.858. The number of nitrogens with two attached hydrogens (primary N) is 1. The number of primary amides is 1. The molecule has 1 amide bonds. The van der Waals surface area contributed by atoms with Gasteiger partial charge in [-0.25, -0.2) is 4.98 Å². The van der Waals surface area contributed by atoms with Gasteiger partial charge in [0.1, 0.15) is 0 Å². The molecule has 3 N–H and O–H groups in total. The first-order chi connectivity index (χ1) is 8.54. The summed E-state index contributed by atoms with van der Waals surface area (Å²) in [5.41, 5.74) is 6.30. The van der Waals surface area contributed by atoms with Gasteiger partial charge in [-0.1, -0.05) is 0 Å². The van der Waals surface area contributed by atoms with Crippen LogP contribution in [0.25, 0.3) is 0 Å². The third-order valence-corrected chi connectivity index (χ3v) is 4.33. The second kappa shape index (κ2) is 5.67. The molecule has 0 unspecified atom stereocenters. The number of rotatable bonds is 4. The van der Waals surface area contributed by atoms with E-state index in [1.807, 2.05) is 6.92 Å². The third kappa shape index (κ3) is 3.43. The molecule has 0 bridgehead atoms. The van der Waals surface area contributed by atoms with E-state index in [9.17, 15) is 4.79 Å². The molecule has 1 aliphatic rings. The number of nitrogens with one attached hydrogen (secondary N) is 1. The molecule has 1 aliphatic heterocycles.